The zero-order valence-electron chi connectivity index (χ0n) is 12.4. The number of pyridine rings is 1. The average Bonchev–Trinajstić information content (AvgIpc) is 2.38. The fraction of sp³-hybridized carbons (Fsp3) is 0.667. The molecule has 0 bridgehead atoms. The molecule has 3 heteroatoms. The van der Waals surface area contributed by atoms with E-state index in [-0.39, 0.29) is 0 Å². The Hall–Kier alpha value is -1.09. The molecular weight excluding hydrogens is 222 g/mol. The van der Waals surface area contributed by atoms with E-state index < -0.39 is 0 Å². The highest BCUT2D eigenvalue weighted by Gasteiger charge is 2.11. The van der Waals surface area contributed by atoms with Gasteiger partial charge in [0.1, 0.15) is 0 Å². The molecule has 1 aromatic heterocycles. The maximum absolute atomic E-state index is 4.42. The SMILES string of the molecule is CCC(CC)N(C)c1ccnc(CNC(C)C)c1. The lowest BCUT2D eigenvalue weighted by Crippen LogP contribution is -2.30. The Labute approximate surface area is 112 Å². The highest BCUT2D eigenvalue weighted by molar-refractivity contribution is 5.46. The molecule has 102 valence electrons. The Morgan fingerprint density at radius 1 is 1.28 bits per heavy atom. The van der Waals surface area contributed by atoms with Crippen molar-refractivity contribution in [2.45, 2.75) is 59.2 Å². The summed E-state index contributed by atoms with van der Waals surface area (Å²) in [5.41, 5.74) is 2.37. The van der Waals surface area contributed by atoms with E-state index in [9.17, 15) is 0 Å². The number of aromatic nitrogens is 1. The summed E-state index contributed by atoms with van der Waals surface area (Å²) in [7, 11) is 2.17. The summed E-state index contributed by atoms with van der Waals surface area (Å²) in [6.45, 7) is 9.63. The molecular formula is C15H27N3. The number of hydrogen-bond acceptors (Lipinski definition) is 3. The van der Waals surface area contributed by atoms with Gasteiger partial charge in [0.15, 0.2) is 0 Å². The number of nitrogens with zero attached hydrogens (tertiary/aromatic N) is 2. The summed E-state index contributed by atoms with van der Waals surface area (Å²) in [6.07, 6.45) is 4.26. The number of hydrogen-bond donors (Lipinski definition) is 1. The van der Waals surface area contributed by atoms with Crippen LogP contribution in [0.1, 0.15) is 46.2 Å². The molecule has 0 saturated heterocycles. The van der Waals surface area contributed by atoms with Crippen LogP contribution in [0.15, 0.2) is 18.3 Å². The van der Waals surface area contributed by atoms with Crippen LogP contribution in [0.5, 0.6) is 0 Å². The Bertz CT molecular complexity index is 345. The predicted molar refractivity (Wildman–Crippen MR) is 79.0 cm³/mol. The summed E-state index contributed by atoms with van der Waals surface area (Å²) in [6, 6.07) is 5.38. The predicted octanol–water partition coefficient (Wildman–Crippen LogP) is 3.20. The third-order valence-electron chi connectivity index (χ3n) is 3.39. The second kappa shape index (κ2) is 7.37. The molecule has 0 amide bonds. The highest BCUT2D eigenvalue weighted by atomic mass is 15.1. The largest absolute Gasteiger partial charge is 0.372 e. The van der Waals surface area contributed by atoms with Crippen molar-refractivity contribution in [2.75, 3.05) is 11.9 Å². The smallest absolute Gasteiger partial charge is 0.0562 e. The van der Waals surface area contributed by atoms with Crippen molar-refractivity contribution in [2.24, 2.45) is 0 Å². The van der Waals surface area contributed by atoms with Gasteiger partial charge in [-0.25, -0.2) is 0 Å². The van der Waals surface area contributed by atoms with Crippen molar-refractivity contribution in [3.8, 4) is 0 Å². The first-order chi connectivity index (χ1) is 8.58. The molecule has 0 atom stereocenters. The second-order valence-corrected chi connectivity index (χ2v) is 5.12. The lowest BCUT2D eigenvalue weighted by molar-refractivity contribution is 0.578. The molecule has 0 aliphatic heterocycles. The van der Waals surface area contributed by atoms with Gasteiger partial charge in [0.05, 0.1) is 5.69 Å². The van der Waals surface area contributed by atoms with Crippen LogP contribution >= 0.6 is 0 Å². The summed E-state index contributed by atoms with van der Waals surface area (Å²) in [5.74, 6) is 0. The van der Waals surface area contributed by atoms with Crippen LogP contribution in [0.25, 0.3) is 0 Å². The minimum absolute atomic E-state index is 0.493. The summed E-state index contributed by atoms with van der Waals surface area (Å²) >= 11 is 0. The number of nitrogens with one attached hydrogen (secondary N) is 1. The zero-order valence-corrected chi connectivity index (χ0v) is 12.4. The van der Waals surface area contributed by atoms with Crippen molar-refractivity contribution >= 4 is 5.69 Å². The lowest BCUT2D eigenvalue weighted by atomic mass is 10.1. The normalized spacial score (nSPS) is 11.3. The van der Waals surface area contributed by atoms with E-state index in [1.54, 1.807) is 0 Å². The van der Waals surface area contributed by atoms with E-state index >= 15 is 0 Å². The molecule has 18 heavy (non-hydrogen) atoms. The van der Waals surface area contributed by atoms with Crippen LogP contribution in [0.2, 0.25) is 0 Å². The van der Waals surface area contributed by atoms with E-state index in [2.05, 4.69) is 62.1 Å². The molecule has 1 N–H and O–H groups in total. The molecule has 0 aliphatic carbocycles. The molecule has 0 radical (unpaired) electrons. The topological polar surface area (TPSA) is 28.2 Å². The second-order valence-electron chi connectivity index (χ2n) is 5.12. The molecule has 0 saturated carbocycles. The first-order valence-corrected chi connectivity index (χ1v) is 6.99. The lowest BCUT2D eigenvalue weighted by Gasteiger charge is -2.28. The number of rotatable bonds is 7. The quantitative estimate of drug-likeness (QED) is 0.804. The third-order valence-corrected chi connectivity index (χ3v) is 3.39. The molecule has 0 spiro atoms. The fourth-order valence-electron chi connectivity index (χ4n) is 2.14. The fourth-order valence-corrected chi connectivity index (χ4v) is 2.14. The van der Waals surface area contributed by atoms with Crippen molar-refractivity contribution in [1.29, 1.82) is 0 Å². The maximum atomic E-state index is 4.42. The van der Waals surface area contributed by atoms with Gasteiger partial charge in [-0.15, -0.1) is 0 Å². The molecule has 1 aromatic rings. The molecule has 1 rings (SSSR count). The minimum atomic E-state index is 0.493. The van der Waals surface area contributed by atoms with Gasteiger partial charge in [-0.05, 0) is 25.0 Å². The van der Waals surface area contributed by atoms with Gasteiger partial charge in [0.2, 0.25) is 0 Å². The Balaban J connectivity index is 2.74. The number of anilines is 1. The molecule has 0 aliphatic rings. The highest BCUT2D eigenvalue weighted by Crippen LogP contribution is 2.18. The van der Waals surface area contributed by atoms with E-state index in [0.29, 0.717) is 12.1 Å². The van der Waals surface area contributed by atoms with E-state index in [4.69, 9.17) is 0 Å². The van der Waals surface area contributed by atoms with Crippen LogP contribution in [0.3, 0.4) is 0 Å². The van der Waals surface area contributed by atoms with Crippen molar-refractivity contribution in [1.82, 2.24) is 10.3 Å². The first kappa shape index (κ1) is 15.0. The summed E-state index contributed by atoms with van der Waals surface area (Å²) < 4.78 is 0. The van der Waals surface area contributed by atoms with Gasteiger partial charge < -0.3 is 10.2 Å². The van der Waals surface area contributed by atoms with Crippen LogP contribution in [0.4, 0.5) is 5.69 Å². The van der Waals surface area contributed by atoms with Crippen LogP contribution in [-0.4, -0.2) is 24.1 Å². The minimum Gasteiger partial charge on any atom is -0.372 e. The standard InChI is InChI=1S/C15H27N3/c1-6-14(7-2)18(5)15-8-9-16-13(10-15)11-17-12(3)4/h8-10,12,14,17H,6-7,11H2,1-5H3. The maximum Gasteiger partial charge on any atom is 0.0562 e. The summed E-state index contributed by atoms with van der Waals surface area (Å²) in [5, 5.41) is 3.40. The van der Waals surface area contributed by atoms with Crippen LogP contribution in [0, 0.1) is 0 Å². The van der Waals surface area contributed by atoms with Crippen molar-refractivity contribution in [3.05, 3.63) is 24.0 Å². The monoisotopic (exact) mass is 249 g/mol. The average molecular weight is 249 g/mol. The Morgan fingerprint density at radius 3 is 2.50 bits per heavy atom. The molecule has 1 heterocycles. The molecule has 0 unspecified atom stereocenters. The zero-order chi connectivity index (χ0) is 13.5. The Kier molecular flexibility index (Phi) is 6.13. The molecule has 0 aromatic carbocycles. The molecule has 3 nitrogen and oxygen atoms in total. The van der Waals surface area contributed by atoms with E-state index in [1.807, 2.05) is 6.20 Å². The summed E-state index contributed by atoms with van der Waals surface area (Å²) in [4.78, 5) is 6.78. The van der Waals surface area contributed by atoms with E-state index in [1.165, 1.54) is 18.5 Å². The third kappa shape index (κ3) is 4.30. The van der Waals surface area contributed by atoms with Gasteiger partial charge in [-0.1, -0.05) is 27.7 Å². The van der Waals surface area contributed by atoms with Gasteiger partial charge in [-0.2, -0.15) is 0 Å². The van der Waals surface area contributed by atoms with Crippen molar-refractivity contribution < 1.29 is 0 Å². The van der Waals surface area contributed by atoms with Crippen LogP contribution < -0.4 is 10.2 Å². The molecule has 0 fully saturated rings. The van der Waals surface area contributed by atoms with Gasteiger partial charge in [-0.3, -0.25) is 4.98 Å². The van der Waals surface area contributed by atoms with Crippen LogP contribution in [-0.2, 0) is 6.54 Å². The first-order valence-electron chi connectivity index (χ1n) is 6.99. The van der Waals surface area contributed by atoms with Crippen molar-refractivity contribution in [3.63, 3.8) is 0 Å². The Morgan fingerprint density at radius 2 is 1.94 bits per heavy atom. The van der Waals surface area contributed by atoms with E-state index in [0.717, 1.165) is 12.2 Å². The van der Waals surface area contributed by atoms with Gasteiger partial charge >= 0.3 is 0 Å². The van der Waals surface area contributed by atoms with Gasteiger partial charge in [0, 0.05) is 37.6 Å². The van der Waals surface area contributed by atoms with Gasteiger partial charge in [0.25, 0.3) is 0 Å².